The van der Waals surface area contributed by atoms with Gasteiger partial charge < -0.3 is 14.8 Å². The van der Waals surface area contributed by atoms with E-state index in [9.17, 15) is 0 Å². The Kier molecular flexibility index (Phi) is 3.74. The molecule has 0 aliphatic carbocycles. The van der Waals surface area contributed by atoms with Crippen LogP contribution >= 0.6 is 11.6 Å². The first-order valence-corrected chi connectivity index (χ1v) is 8.91. The molecule has 3 heterocycles. The van der Waals surface area contributed by atoms with Gasteiger partial charge >= 0.3 is 0 Å². The molecule has 22 heavy (non-hydrogen) atoms. The molecule has 0 aromatic heterocycles. The topological polar surface area (TPSA) is 30.5 Å². The van der Waals surface area contributed by atoms with Crippen LogP contribution < -0.4 is 14.8 Å². The van der Waals surface area contributed by atoms with Gasteiger partial charge in [-0.3, -0.25) is 0 Å². The third-order valence-electron chi connectivity index (χ3n) is 5.16. The summed E-state index contributed by atoms with van der Waals surface area (Å²) in [5.41, 5.74) is 3.84. The van der Waals surface area contributed by atoms with Crippen LogP contribution in [-0.4, -0.2) is 25.3 Å². The number of hydrogen-bond donors (Lipinski definition) is 1. The van der Waals surface area contributed by atoms with Gasteiger partial charge in [-0.25, -0.2) is 0 Å². The first-order chi connectivity index (χ1) is 10.6. The van der Waals surface area contributed by atoms with Crippen molar-refractivity contribution in [3.05, 3.63) is 21.7 Å². The van der Waals surface area contributed by atoms with Crippen molar-refractivity contribution in [2.45, 2.75) is 58.2 Å². The summed E-state index contributed by atoms with van der Waals surface area (Å²) in [6.07, 6.45) is 5.94. The van der Waals surface area contributed by atoms with E-state index in [1.807, 2.05) is 0 Å². The lowest BCUT2D eigenvalue weighted by atomic mass is 9.87. The van der Waals surface area contributed by atoms with E-state index in [4.69, 9.17) is 21.1 Å². The van der Waals surface area contributed by atoms with Crippen molar-refractivity contribution in [3.63, 3.8) is 0 Å². The molecule has 0 bridgehead atoms. The van der Waals surface area contributed by atoms with E-state index in [0.29, 0.717) is 5.92 Å². The molecule has 4 heteroatoms. The van der Waals surface area contributed by atoms with Crippen molar-refractivity contribution >= 4 is 11.6 Å². The molecule has 3 aliphatic rings. The molecule has 1 fully saturated rings. The van der Waals surface area contributed by atoms with Gasteiger partial charge in [-0.05, 0) is 52.1 Å². The number of rotatable bonds is 2. The monoisotopic (exact) mass is 321 g/mol. The molecular formula is C18H24ClNO2. The number of nitrogens with one attached hydrogen (secondary N) is 1. The van der Waals surface area contributed by atoms with Crippen LogP contribution in [0.2, 0.25) is 5.02 Å². The molecule has 3 aliphatic heterocycles. The summed E-state index contributed by atoms with van der Waals surface area (Å²) >= 11 is 6.63. The molecule has 1 aromatic rings. The molecule has 0 saturated carbocycles. The molecule has 0 radical (unpaired) electrons. The Balaban J connectivity index is 1.76. The van der Waals surface area contributed by atoms with Gasteiger partial charge in [-0.15, -0.1) is 0 Å². The highest BCUT2D eigenvalue weighted by Gasteiger charge is 2.35. The van der Waals surface area contributed by atoms with Crippen LogP contribution in [0, 0.1) is 5.92 Å². The normalized spacial score (nSPS) is 29.7. The highest BCUT2D eigenvalue weighted by Crippen LogP contribution is 2.49. The van der Waals surface area contributed by atoms with E-state index in [2.05, 4.69) is 19.2 Å². The van der Waals surface area contributed by atoms with Crippen molar-refractivity contribution in [1.82, 2.24) is 5.32 Å². The Morgan fingerprint density at radius 3 is 2.55 bits per heavy atom. The molecule has 1 N–H and O–H groups in total. The lowest BCUT2D eigenvalue weighted by Crippen LogP contribution is -2.31. The van der Waals surface area contributed by atoms with Crippen LogP contribution in [0.1, 0.15) is 43.4 Å². The first kappa shape index (κ1) is 14.6. The van der Waals surface area contributed by atoms with Gasteiger partial charge in [0.05, 0.1) is 5.02 Å². The standard InChI is InChI=1S/C18H24ClNO2/c1-10-6-13-14(8-12-4-3-5-20-9-12)17-15(7-11(2)21-17)16(19)18(13)22-10/h10-12,20H,3-9H2,1-2H3. The fourth-order valence-corrected chi connectivity index (χ4v) is 4.47. The lowest BCUT2D eigenvalue weighted by molar-refractivity contribution is 0.250. The fourth-order valence-electron chi connectivity index (χ4n) is 4.15. The van der Waals surface area contributed by atoms with Gasteiger partial charge in [0, 0.05) is 29.5 Å². The van der Waals surface area contributed by atoms with Gasteiger partial charge in [-0.2, -0.15) is 0 Å². The van der Waals surface area contributed by atoms with E-state index in [-0.39, 0.29) is 12.2 Å². The Labute approximate surface area is 137 Å². The summed E-state index contributed by atoms with van der Waals surface area (Å²) < 4.78 is 12.2. The third-order valence-corrected chi connectivity index (χ3v) is 5.56. The maximum Gasteiger partial charge on any atom is 0.142 e. The maximum absolute atomic E-state index is 6.63. The summed E-state index contributed by atoms with van der Waals surface area (Å²) in [4.78, 5) is 0. The van der Waals surface area contributed by atoms with Crippen LogP contribution in [0.4, 0.5) is 0 Å². The quantitative estimate of drug-likeness (QED) is 0.904. The van der Waals surface area contributed by atoms with E-state index >= 15 is 0 Å². The number of halogens is 1. The molecule has 3 nitrogen and oxygen atoms in total. The van der Waals surface area contributed by atoms with Crippen molar-refractivity contribution in [2.75, 3.05) is 13.1 Å². The predicted octanol–water partition coefficient (Wildman–Crippen LogP) is 3.53. The summed E-state index contributed by atoms with van der Waals surface area (Å²) in [6.45, 7) is 6.51. The van der Waals surface area contributed by atoms with Gasteiger partial charge in [0.15, 0.2) is 0 Å². The molecule has 0 spiro atoms. The summed E-state index contributed by atoms with van der Waals surface area (Å²) in [7, 11) is 0. The number of fused-ring (bicyclic) bond motifs is 2. The third kappa shape index (κ3) is 2.39. The molecule has 0 amide bonds. The second-order valence-electron chi connectivity index (χ2n) is 7.09. The Morgan fingerprint density at radius 1 is 1.09 bits per heavy atom. The Morgan fingerprint density at radius 2 is 1.82 bits per heavy atom. The van der Waals surface area contributed by atoms with Crippen molar-refractivity contribution < 1.29 is 9.47 Å². The van der Waals surface area contributed by atoms with E-state index in [1.165, 1.54) is 29.5 Å². The van der Waals surface area contributed by atoms with Crippen LogP contribution in [0.3, 0.4) is 0 Å². The van der Waals surface area contributed by atoms with Gasteiger partial charge in [0.2, 0.25) is 0 Å². The zero-order valence-corrected chi connectivity index (χ0v) is 14.1. The van der Waals surface area contributed by atoms with Crippen LogP contribution in [-0.2, 0) is 19.3 Å². The average Bonchev–Trinajstić information content (AvgIpc) is 3.08. The van der Waals surface area contributed by atoms with Crippen molar-refractivity contribution in [3.8, 4) is 11.5 Å². The van der Waals surface area contributed by atoms with Crippen LogP contribution in [0.5, 0.6) is 11.5 Å². The number of piperidine rings is 1. The summed E-state index contributed by atoms with van der Waals surface area (Å²) in [5.74, 6) is 2.70. The largest absolute Gasteiger partial charge is 0.490 e. The second-order valence-corrected chi connectivity index (χ2v) is 7.47. The van der Waals surface area contributed by atoms with Crippen molar-refractivity contribution in [2.24, 2.45) is 5.92 Å². The van der Waals surface area contributed by atoms with E-state index in [0.717, 1.165) is 48.9 Å². The Hall–Kier alpha value is -0.930. The minimum absolute atomic E-state index is 0.218. The molecule has 3 atom stereocenters. The van der Waals surface area contributed by atoms with E-state index < -0.39 is 0 Å². The minimum atomic E-state index is 0.218. The minimum Gasteiger partial charge on any atom is -0.490 e. The number of hydrogen-bond acceptors (Lipinski definition) is 3. The van der Waals surface area contributed by atoms with Gasteiger partial charge in [0.25, 0.3) is 0 Å². The predicted molar refractivity (Wildman–Crippen MR) is 88.3 cm³/mol. The van der Waals surface area contributed by atoms with Crippen LogP contribution in [0.25, 0.3) is 0 Å². The molecule has 1 saturated heterocycles. The smallest absolute Gasteiger partial charge is 0.142 e. The van der Waals surface area contributed by atoms with Crippen molar-refractivity contribution in [1.29, 1.82) is 0 Å². The zero-order valence-electron chi connectivity index (χ0n) is 13.4. The molecular weight excluding hydrogens is 298 g/mol. The molecule has 3 unspecified atom stereocenters. The average molecular weight is 322 g/mol. The Bertz CT molecular complexity index is 556. The zero-order chi connectivity index (χ0) is 15.3. The molecule has 4 rings (SSSR count). The SMILES string of the molecule is CC1Cc2c(CC3CCCNC3)c3c(c(Cl)c2O1)CC(C)O3. The molecule has 120 valence electrons. The number of benzene rings is 1. The van der Waals surface area contributed by atoms with Crippen LogP contribution in [0.15, 0.2) is 0 Å². The summed E-state index contributed by atoms with van der Waals surface area (Å²) in [6, 6.07) is 0. The highest BCUT2D eigenvalue weighted by atomic mass is 35.5. The first-order valence-electron chi connectivity index (χ1n) is 8.53. The second kappa shape index (κ2) is 5.61. The summed E-state index contributed by atoms with van der Waals surface area (Å²) in [5, 5.41) is 4.32. The lowest BCUT2D eigenvalue weighted by Gasteiger charge is -2.25. The number of ether oxygens (including phenoxy) is 2. The molecule has 1 aromatic carbocycles. The van der Waals surface area contributed by atoms with Gasteiger partial charge in [-0.1, -0.05) is 11.6 Å². The highest BCUT2D eigenvalue weighted by molar-refractivity contribution is 6.33. The van der Waals surface area contributed by atoms with E-state index in [1.54, 1.807) is 0 Å². The maximum atomic E-state index is 6.63. The van der Waals surface area contributed by atoms with Gasteiger partial charge in [0.1, 0.15) is 23.7 Å². The fraction of sp³-hybridized carbons (Fsp3) is 0.667.